The normalized spacial score (nSPS) is 15.7. The molecule has 0 bridgehead atoms. The molecule has 2 aliphatic heterocycles. The molecule has 6 heterocycles. The zero-order valence-electron chi connectivity index (χ0n) is 62.1. The van der Waals surface area contributed by atoms with Crippen LogP contribution in [0, 0.1) is 79.8 Å². The Morgan fingerprint density at radius 1 is 0.461 bits per heavy atom. The van der Waals surface area contributed by atoms with Crippen molar-refractivity contribution in [3.8, 4) is 69.2 Å². The van der Waals surface area contributed by atoms with Gasteiger partial charge in [0.05, 0.1) is 35.3 Å². The van der Waals surface area contributed by atoms with Crippen LogP contribution in [0.3, 0.4) is 0 Å². The lowest BCUT2D eigenvalue weighted by Gasteiger charge is -2.31. The van der Waals surface area contributed by atoms with Gasteiger partial charge >= 0.3 is 14.5 Å². The van der Waals surface area contributed by atoms with Crippen molar-refractivity contribution in [1.82, 2.24) is 18.9 Å². The molecule has 14 nitrogen and oxygen atoms in total. The van der Waals surface area contributed by atoms with Gasteiger partial charge < -0.3 is 45.9 Å². The first-order chi connectivity index (χ1) is 48.4. The van der Waals surface area contributed by atoms with E-state index in [4.69, 9.17) is 70.1 Å². The molecule has 10 aromatic rings. The molecule has 4 aromatic heterocycles. The average Bonchev–Trinajstić information content (AvgIpc) is 1.52. The summed E-state index contributed by atoms with van der Waals surface area (Å²) < 4.78 is 59.7. The van der Waals surface area contributed by atoms with Gasteiger partial charge in [-0.05, 0) is 181 Å². The quantitative estimate of drug-likeness (QED) is 0.0527. The predicted octanol–water partition coefficient (Wildman–Crippen LogP) is 21.3. The van der Waals surface area contributed by atoms with Crippen molar-refractivity contribution in [3.05, 3.63) is 166 Å². The highest BCUT2D eigenvalue weighted by Crippen LogP contribution is 2.44. The van der Waals surface area contributed by atoms with Gasteiger partial charge in [-0.2, -0.15) is 10.5 Å². The minimum atomic E-state index is -1.31. The summed E-state index contributed by atoms with van der Waals surface area (Å²) in [6, 6.07) is 46.3. The number of nitriles is 2. The van der Waals surface area contributed by atoms with Gasteiger partial charge in [0, 0.05) is 31.9 Å². The number of para-hydroxylation sites is 4. The van der Waals surface area contributed by atoms with E-state index in [1.807, 2.05) is 106 Å². The second-order valence-electron chi connectivity index (χ2n) is 33.7. The second kappa shape index (κ2) is 29.6. The summed E-state index contributed by atoms with van der Waals surface area (Å²) in [5.41, 5.74) is 4.34. The molecule has 0 N–H and O–H groups in total. The van der Waals surface area contributed by atoms with Crippen LogP contribution < -0.4 is 38.8 Å². The van der Waals surface area contributed by atoms with Crippen LogP contribution in [0.25, 0.3) is 66.6 Å². The number of ether oxygens (including phenoxy) is 2. The highest BCUT2D eigenvalue weighted by Gasteiger charge is 2.46. The molecule has 6 aromatic carbocycles. The Bertz CT molecular complexity index is 4580. The van der Waals surface area contributed by atoms with Crippen molar-refractivity contribution in [2.24, 2.45) is 57.2 Å². The highest BCUT2D eigenvalue weighted by molar-refractivity contribution is 6.49. The zero-order valence-corrected chi connectivity index (χ0v) is 63.6. The summed E-state index contributed by atoms with van der Waals surface area (Å²) in [6.45, 7) is 38.1. The molecule has 0 saturated heterocycles. The summed E-state index contributed by atoms with van der Waals surface area (Å²) in [5.74, 6) is 5.22. The van der Waals surface area contributed by atoms with E-state index < -0.39 is 14.5 Å². The van der Waals surface area contributed by atoms with E-state index in [1.165, 1.54) is 0 Å². The van der Waals surface area contributed by atoms with Crippen molar-refractivity contribution >= 4 is 81.8 Å². The molecule has 530 valence electrons. The van der Waals surface area contributed by atoms with Gasteiger partial charge in [-0.1, -0.05) is 195 Å². The maximum absolute atomic E-state index is 12.3. The van der Waals surface area contributed by atoms with E-state index in [0.29, 0.717) is 137 Å². The predicted molar refractivity (Wildman–Crippen MR) is 411 cm³/mol. The minimum absolute atomic E-state index is 0.00854. The lowest BCUT2D eigenvalue weighted by molar-refractivity contribution is 0.147. The Balaban J connectivity index is 1.18. The maximum Gasteiger partial charge on any atom is 0.743 e. The van der Waals surface area contributed by atoms with E-state index in [0.717, 1.165) is 51.4 Å². The van der Waals surface area contributed by atoms with E-state index in [9.17, 15) is 10.5 Å². The van der Waals surface area contributed by atoms with Crippen LogP contribution in [-0.4, -0.2) is 46.6 Å². The van der Waals surface area contributed by atoms with Crippen LogP contribution in [-0.2, 0) is 0 Å². The van der Waals surface area contributed by atoms with Crippen LogP contribution in [0.2, 0.25) is 10.0 Å². The molecule has 0 amide bonds. The van der Waals surface area contributed by atoms with Crippen molar-refractivity contribution in [2.45, 2.75) is 162 Å². The first-order valence-electron chi connectivity index (χ1n) is 36.2. The number of fused-ring (bicyclic) bond motifs is 5. The molecule has 18 heteroatoms. The van der Waals surface area contributed by atoms with Crippen molar-refractivity contribution < 1.29 is 36.9 Å². The topological polar surface area (TPSA) is 165 Å². The van der Waals surface area contributed by atoms with Crippen LogP contribution in [0.5, 0.6) is 34.5 Å². The summed E-state index contributed by atoms with van der Waals surface area (Å²) in [5, 5.41) is 26.9. The molecule has 102 heavy (non-hydrogen) atoms. The standard InChI is InChI=1S/C84H96B2Cl2N6O8/c1-51(43-81(5,6)7)31-33-57(53(3)45-83(11,12)13)49-95-61-25-21-23-55(39-61)75-73-74(78(93(75)85-99-69-27-17-18-28-70(69)100-85)64(48-90)80-92-66-42-60(88)36-38-68(66)98-80)76(56-24-22-26-62(40-56)96-50-58(54(4)46-84(14,15)16)34-32-52(2)44-82(8,9)10)94(86-101-71-29-19-20-30-72(71)102-86)77(73)63(47-89)79-91-65-41-59(87)35-37-67(65)97-79/h17-30,35-42,51-54,57-58H,31-34,43-46,49-50H2,1-16H3/b77-63-,78-64-. The van der Waals surface area contributed by atoms with E-state index >= 15 is 0 Å². The maximum atomic E-state index is 12.3. The Morgan fingerprint density at radius 3 is 1.15 bits per heavy atom. The molecule has 2 aliphatic rings. The number of halogens is 2. The Kier molecular flexibility index (Phi) is 21.2. The first-order valence-corrected chi connectivity index (χ1v) is 36.9. The summed E-state index contributed by atoms with van der Waals surface area (Å²) in [4.78, 5) is 10.1. The molecule has 0 aliphatic carbocycles. The lowest BCUT2D eigenvalue weighted by atomic mass is 9.76. The summed E-state index contributed by atoms with van der Waals surface area (Å²) in [7, 11) is -2.63. The van der Waals surface area contributed by atoms with Crippen LogP contribution in [0.15, 0.2) is 142 Å². The van der Waals surface area contributed by atoms with Crippen LogP contribution >= 0.6 is 23.2 Å². The van der Waals surface area contributed by atoms with Crippen molar-refractivity contribution in [1.29, 1.82) is 10.5 Å². The fourth-order valence-electron chi connectivity index (χ4n) is 15.8. The molecule has 6 atom stereocenters. The number of hydrogen-bond acceptors (Lipinski definition) is 12. The number of benzene rings is 6. The monoisotopic (exact) mass is 1410 g/mol. The molecule has 6 unspecified atom stereocenters. The van der Waals surface area contributed by atoms with Gasteiger partial charge in [-0.15, -0.1) is 0 Å². The van der Waals surface area contributed by atoms with E-state index in [-0.39, 0.29) is 67.1 Å². The number of hydrogen-bond donors (Lipinski definition) is 0. The SMILES string of the molecule is CC(CCC(COc1cccc(-c2c3/c(=C(\C#N)c4nc5cc(Cl)ccc5o4)n(B4Oc5ccccc5O4)c(-c4cccc(OCC(CCC(C)CC(C)(C)C)C(C)CC(C)(C)C)c4)c3/c(=C(\C#N)c3nc4cc(Cl)ccc4o3)n2B2Oc3ccccc3O2)c1)C(C)CC(C)(C)C)CC(C)(C)C. The Morgan fingerprint density at radius 2 is 0.814 bits per heavy atom. The minimum Gasteiger partial charge on any atom is -0.503 e. The van der Waals surface area contributed by atoms with Gasteiger partial charge in [-0.3, -0.25) is 0 Å². The highest BCUT2D eigenvalue weighted by atomic mass is 35.5. The number of aromatic nitrogens is 4. The zero-order chi connectivity index (χ0) is 72.7. The molecule has 0 fully saturated rings. The summed E-state index contributed by atoms with van der Waals surface area (Å²) >= 11 is 13.4. The van der Waals surface area contributed by atoms with Gasteiger partial charge in [0.15, 0.2) is 11.2 Å². The smallest absolute Gasteiger partial charge is 0.503 e. The third-order valence-electron chi connectivity index (χ3n) is 19.6. The Labute approximate surface area is 612 Å². The molecular formula is C84H96B2Cl2N6O8. The molecular weight excluding hydrogens is 1310 g/mol. The number of oxazole rings is 2. The number of rotatable bonds is 24. The second-order valence-corrected chi connectivity index (χ2v) is 34.5. The van der Waals surface area contributed by atoms with Crippen molar-refractivity contribution in [2.75, 3.05) is 13.2 Å². The van der Waals surface area contributed by atoms with E-state index in [2.05, 4.69) is 123 Å². The molecule has 0 saturated carbocycles. The average molecular weight is 1410 g/mol. The van der Waals surface area contributed by atoms with Gasteiger partial charge in [0.1, 0.15) is 68.8 Å². The van der Waals surface area contributed by atoms with E-state index in [1.54, 1.807) is 36.4 Å². The molecule has 0 radical (unpaired) electrons. The molecule has 0 spiro atoms. The van der Waals surface area contributed by atoms with Gasteiger partial charge in [-0.25, -0.2) is 9.97 Å². The summed E-state index contributed by atoms with van der Waals surface area (Å²) in [6.07, 6.45) is 8.41. The number of nitrogens with zero attached hydrogens (tertiary/aromatic N) is 6. The fourth-order valence-corrected chi connectivity index (χ4v) is 16.1. The third-order valence-corrected chi connectivity index (χ3v) is 20.1. The van der Waals surface area contributed by atoms with Gasteiger partial charge in [0.25, 0.3) is 0 Å². The fraction of sp³-hybridized carbons (Fsp3) is 0.429. The van der Waals surface area contributed by atoms with Crippen LogP contribution in [0.1, 0.15) is 174 Å². The third kappa shape index (κ3) is 16.7. The van der Waals surface area contributed by atoms with Crippen LogP contribution in [0.4, 0.5) is 0 Å². The van der Waals surface area contributed by atoms with Crippen molar-refractivity contribution in [3.63, 3.8) is 0 Å². The first kappa shape index (κ1) is 73.1. The lowest BCUT2D eigenvalue weighted by Crippen LogP contribution is -2.44. The molecule has 12 rings (SSSR count). The largest absolute Gasteiger partial charge is 0.743 e. The Hall–Kier alpha value is -8.69. The van der Waals surface area contributed by atoms with Gasteiger partial charge in [0.2, 0.25) is 11.8 Å².